The number of para-hydroxylation sites is 2. The van der Waals surface area contributed by atoms with Gasteiger partial charge in [0.15, 0.2) is 0 Å². The predicted octanol–water partition coefficient (Wildman–Crippen LogP) is 5.36. The lowest BCUT2D eigenvalue weighted by molar-refractivity contribution is -0.387. The predicted molar refractivity (Wildman–Crippen MR) is 128 cm³/mol. The molecular weight excluding hydrogens is 438 g/mol. The summed E-state index contributed by atoms with van der Waals surface area (Å²) in [4.78, 5) is 38.2. The number of benzene rings is 3. The van der Waals surface area contributed by atoms with Crippen LogP contribution in [0.3, 0.4) is 0 Å². The molecule has 0 N–H and O–H groups in total. The van der Waals surface area contributed by atoms with Crippen molar-refractivity contribution in [3.63, 3.8) is 0 Å². The van der Waals surface area contributed by atoms with E-state index < -0.39 is 16.4 Å². The first-order valence-electron chi connectivity index (χ1n) is 10.1. The fourth-order valence-corrected chi connectivity index (χ4v) is 4.40. The second-order valence-electron chi connectivity index (χ2n) is 7.09. The second kappa shape index (κ2) is 9.54. The van der Waals surface area contributed by atoms with Gasteiger partial charge in [-0.25, -0.2) is 9.36 Å². The summed E-state index contributed by atoms with van der Waals surface area (Å²) < 4.78 is 2.60. The Bertz CT molecular complexity index is 1410. The number of nitro groups is 1. The number of carbonyl (C=O) groups excluding carboxylic acids is 1. The third-order valence-electron chi connectivity index (χ3n) is 4.93. The largest absolute Gasteiger partial charge is 0.286 e. The highest BCUT2D eigenvalue weighted by Gasteiger charge is 2.24. The van der Waals surface area contributed by atoms with Crippen molar-refractivity contribution in [2.24, 2.45) is 0 Å². The second-order valence-corrected chi connectivity index (χ2v) is 8.14. The third-order valence-corrected chi connectivity index (χ3v) is 6.17. The lowest BCUT2D eigenvalue weighted by atomic mass is 10.2. The summed E-state index contributed by atoms with van der Waals surface area (Å²) in [5.41, 5.74) is 1.23. The summed E-state index contributed by atoms with van der Waals surface area (Å²) in [6.45, 7) is 1.66. The van der Waals surface area contributed by atoms with Gasteiger partial charge in [-0.15, -0.1) is 0 Å². The van der Waals surface area contributed by atoms with Crippen molar-refractivity contribution >= 4 is 29.4 Å². The first-order valence-corrected chi connectivity index (χ1v) is 10.9. The van der Waals surface area contributed by atoms with Crippen LogP contribution < -0.4 is 5.56 Å². The zero-order chi connectivity index (χ0) is 23.4. The number of rotatable bonds is 6. The maximum absolute atomic E-state index is 13.5. The van der Waals surface area contributed by atoms with Gasteiger partial charge in [-0.05, 0) is 36.8 Å². The lowest BCUT2D eigenvalue weighted by Crippen LogP contribution is -2.25. The highest BCUT2D eigenvalue weighted by Crippen LogP contribution is 2.35. The van der Waals surface area contributed by atoms with Crippen molar-refractivity contribution in [3.05, 3.63) is 123 Å². The number of hydrogen-bond acceptors (Lipinski definition) is 5. The molecule has 4 aromatic rings. The third kappa shape index (κ3) is 4.56. The van der Waals surface area contributed by atoms with Crippen LogP contribution in [0.1, 0.15) is 16.1 Å². The van der Waals surface area contributed by atoms with Gasteiger partial charge in [0.05, 0.1) is 21.2 Å². The molecule has 0 unspecified atom stereocenters. The molecule has 33 heavy (non-hydrogen) atoms. The van der Waals surface area contributed by atoms with Gasteiger partial charge in [-0.2, -0.15) is 0 Å². The molecule has 0 saturated heterocycles. The van der Waals surface area contributed by atoms with Crippen molar-refractivity contribution in [3.8, 4) is 5.69 Å². The SMILES string of the molecule is Cc1c(Sc2ccccc2[N+](=O)[O-])c(=O)n(-c2ccccc2)n1C(=O)/C=C/c1ccccc1. The van der Waals surface area contributed by atoms with Crippen molar-refractivity contribution in [1.29, 1.82) is 0 Å². The molecule has 1 heterocycles. The van der Waals surface area contributed by atoms with Gasteiger partial charge in [0.1, 0.15) is 4.90 Å². The summed E-state index contributed by atoms with van der Waals surface area (Å²) in [7, 11) is 0. The molecule has 0 radical (unpaired) electrons. The first kappa shape index (κ1) is 22.0. The van der Waals surface area contributed by atoms with E-state index in [4.69, 9.17) is 0 Å². The van der Waals surface area contributed by atoms with Crippen molar-refractivity contribution < 1.29 is 9.72 Å². The molecule has 164 valence electrons. The van der Waals surface area contributed by atoms with Gasteiger partial charge in [0.25, 0.3) is 17.2 Å². The number of nitrogens with zero attached hydrogens (tertiary/aromatic N) is 3. The Labute approximate surface area is 193 Å². The summed E-state index contributed by atoms with van der Waals surface area (Å²) in [6.07, 6.45) is 3.08. The van der Waals surface area contributed by atoms with Crippen LogP contribution in [-0.2, 0) is 0 Å². The Hall–Kier alpha value is -4.17. The molecule has 0 fully saturated rings. The molecule has 0 aliphatic rings. The number of allylic oxidation sites excluding steroid dienone is 1. The minimum Gasteiger partial charge on any atom is -0.267 e. The summed E-state index contributed by atoms with van der Waals surface area (Å²) in [6, 6.07) is 24.4. The minimum absolute atomic E-state index is 0.101. The lowest BCUT2D eigenvalue weighted by Gasteiger charge is -2.10. The van der Waals surface area contributed by atoms with Crippen molar-refractivity contribution in [2.75, 3.05) is 0 Å². The maximum atomic E-state index is 13.5. The quantitative estimate of drug-likeness (QED) is 0.221. The van der Waals surface area contributed by atoms with E-state index in [-0.39, 0.29) is 10.6 Å². The zero-order valence-electron chi connectivity index (χ0n) is 17.6. The molecule has 7 nitrogen and oxygen atoms in total. The number of hydrogen-bond donors (Lipinski definition) is 0. The summed E-state index contributed by atoms with van der Waals surface area (Å²) in [5, 5.41) is 11.4. The minimum atomic E-state index is -0.488. The van der Waals surface area contributed by atoms with Gasteiger partial charge in [-0.1, -0.05) is 72.4 Å². The standard InChI is InChI=1S/C25H19N3O4S/c1-18-24(33-22-15-9-8-14-21(22)28(31)32)25(30)27(20-12-6-3-7-13-20)26(18)23(29)17-16-19-10-4-2-5-11-19/h2-17H,1H3/b17-16+. The fourth-order valence-electron chi connectivity index (χ4n) is 3.38. The van der Waals surface area contributed by atoms with Crippen LogP contribution in [0.15, 0.2) is 106 Å². The van der Waals surface area contributed by atoms with Crippen LogP contribution >= 0.6 is 11.8 Å². The Morgan fingerprint density at radius 3 is 2.21 bits per heavy atom. The molecule has 0 spiro atoms. The molecule has 0 aliphatic heterocycles. The van der Waals surface area contributed by atoms with E-state index in [2.05, 4.69) is 0 Å². The fraction of sp³-hybridized carbons (Fsp3) is 0.0400. The Balaban J connectivity index is 1.84. The molecule has 0 aliphatic carbocycles. The van der Waals surface area contributed by atoms with Crippen LogP contribution in [0.4, 0.5) is 5.69 Å². The Morgan fingerprint density at radius 1 is 0.939 bits per heavy atom. The average Bonchev–Trinajstić information content (AvgIpc) is 3.09. The average molecular weight is 458 g/mol. The molecule has 8 heteroatoms. The van der Waals surface area contributed by atoms with E-state index in [1.54, 1.807) is 55.5 Å². The zero-order valence-corrected chi connectivity index (χ0v) is 18.4. The van der Waals surface area contributed by atoms with E-state index in [9.17, 15) is 19.7 Å². The molecule has 0 atom stereocenters. The van der Waals surface area contributed by atoms with E-state index in [1.165, 1.54) is 21.5 Å². The molecular formula is C25H19N3O4S. The number of nitro benzene ring substituents is 1. The topological polar surface area (TPSA) is 87.1 Å². The van der Waals surface area contributed by atoms with E-state index in [0.29, 0.717) is 16.3 Å². The number of aromatic nitrogens is 2. The maximum Gasteiger partial charge on any atom is 0.286 e. The Morgan fingerprint density at radius 2 is 1.55 bits per heavy atom. The monoisotopic (exact) mass is 457 g/mol. The molecule has 1 aromatic heterocycles. The van der Waals surface area contributed by atoms with E-state index in [1.807, 2.05) is 36.4 Å². The van der Waals surface area contributed by atoms with Crippen molar-refractivity contribution in [1.82, 2.24) is 9.36 Å². The first-order chi connectivity index (χ1) is 16.0. The number of carbonyl (C=O) groups is 1. The van der Waals surface area contributed by atoms with E-state index in [0.717, 1.165) is 17.3 Å². The highest BCUT2D eigenvalue weighted by molar-refractivity contribution is 7.99. The van der Waals surface area contributed by atoms with Gasteiger partial charge >= 0.3 is 0 Å². The van der Waals surface area contributed by atoms with Crippen LogP contribution in [0.5, 0.6) is 0 Å². The molecule has 0 saturated carbocycles. The molecule has 0 bridgehead atoms. The van der Waals surface area contributed by atoms with E-state index >= 15 is 0 Å². The van der Waals surface area contributed by atoms with Gasteiger partial charge < -0.3 is 0 Å². The molecule has 4 rings (SSSR count). The molecule has 3 aromatic carbocycles. The van der Waals surface area contributed by atoms with Crippen LogP contribution in [0, 0.1) is 17.0 Å². The molecule has 0 amide bonds. The summed E-state index contributed by atoms with van der Waals surface area (Å²) >= 11 is 0.985. The summed E-state index contributed by atoms with van der Waals surface area (Å²) in [5.74, 6) is -0.410. The van der Waals surface area contributed by atoms with Gasteiger partial charge in [-0.3, -0.25) is 19.7 Å². The van der Waals surface area contributed by atoms with Gasteiger partial charge in [0.2, 0.25) is 0 Å². The van der Waals surface area contributed by atoms with Crippen LogP contribution in [-0.4, -0.2) is 20.2 Å². The highest BCUT2D eigenvalue weighted by atomic mass is 32.2. The van der Waals surface area contributed by atoms with Crippen molar-refractivity contribution in [2.45, 2.75) is 16.7 Å². The normalized spacial score (nSPS) is 11.1. The van der Waals surface area contributed by atoms with Crippen LogP contribution in [0.2, 0.25) is 0 Å². The smallest absolute Gasteiger partial charge is 0.267 e. The Kier molecular flexibility index (Phi) is 6.37. The van der Waals surface area contributed by atoms with Gasteiger partial charge in [0, 0.05) is 12.1 Å². The van der Waals surface area contributed by atoms with Crippen LogP contribution in [0.25, 0.3) is 11.8 Å².